The van der Waals surface area contributed by atoms with Crippen molar-refractivity contribution in [2.45, 2.75) is 11.8 Å². The van der Waals surface area contributed by atoms with Crippen molar-refractivity contribution in [3.63, 3.8) is 0 Å². The molecular weight excluding hydrogens is 352 g/mol. The second-order valence-electron chi connectivity index (χ2n) is 4.82. The first-order valence-electron chi connectivity index (χ1n) is 7.18. The molecule has 0 heterocycles. The van der Waals surface area contributed by atoms with Crippen LogP contribution in [0.2, 0.25) is 5.02 Å². The number of amides is 1. The van der Waals surface area contributed by atoms with Crippen molar-refractivity contribution in [1.29, 1.82) is 0 Å². The highest BCUT2D eigenvalue weighted by atomic mass is 35.5. The smallest absolute Gasteiger partial charge is 0.262 e. The second kappa shape index (κ2) is 8.14. The van der Waals surface area contributed by atoms with Crippen molar-refractivity contribution < 1.29 is 17.9 Å². The fourth-order valence-corrected chi connectivity index (χ4v) is 3.03. The number of hydrogen-bond acceptors (Lipinski definition) is 4. The van der Waals surface area contributed by atoms with E-state index in [1.807, 2.05) is 0 Å². The molecule has 2 aromatic carbocycles. The third-order valence-corrected chi connectivity index (χ3v) is 4.78. The first kappa shape index (κ1) is 18.3. The van der Waals surface area contributed by atoms with Crippen LogP contribution in [0, 0.1) is 0 Å². The van der Waals surface area contributed by atoms with Gasteiger partial charge >= 0.3 is 0 Å². The maximum Gasteiger partial charge on any atom is 0.262 e. The van der Waals surface area contributed by atoms with Crippen LogP contribution >= 0.6 is 11.6 Å². The van der Waals surface area contributed by atoms with Crippen LogP contribution in [0.25, 0.3) is 0 Å². The van der Waals surface area contributed by atoms with Gasteiger partial charge in [0.25, 0.3) is 5.91 Å². The summed E-state index contributed by atoms with van der Waals surface area (Å²) < 4.78 is 31.4. The van der Waals surface area contributed by atoms with Gasteiger partial charge in [0.05, 0.1) is 4.90 Å². The summed E-state index contributed by atoms with van der Waals surface area (Å²) in [4.78, 5) is 12.0. The number of ether oxygens (including phenoxy) is 1. The van der Waals surface area contributed by atoms with E-state index < -0.39 is 10.0 Å². The molecule has 6 nitrogen and oxygen atoms in total. The monoisotopic (exact) mass is 368 g/mol. The Kier molecular flexibility index (Phi) is 6.19. The second-order valence-corrected chi connectivity index (χ2v) is 7.02. The Labute approximate surface area is 145 Å². The SMILES string of the molecule is CCNS(=O)(=O)c1ccc(NC(=O)COc2ccc(Cl)cc2)cc1. The number of anilines is 1. The van der Waals surface area contributed by atoms with Crippen molar-refractivity contribution in [2.75, 3.05) is 18.5 Å². The lowest BCUT2D eigenvalue weighted by Crippen LogP contribution is -2.23. The van der Waals surface area contributed by atoms with E-state index in [9.17, 15) is 13.2 Å². The Morgan fingerprint density at radius 3 is 2.29 bits per heavy atom. The van der Waals surface area contributed by atoms with Gasteiger partial charge in [-0.25, -0.2) is 13.1 Å². The first-order valence-corrected chi connectivity index (χ1v) is 9.05. The molecule has 0 aliphatic carbocycles. The van der Waals surface area contributed by atoms with Gasteiger partial charge in [-0.2, -0.15) is 0 Å². The fraction of sp³-hybridized carbons (Fsp3) is 0.188. The zero-order valence-corrected chi connectivity index (χ0v) is 14.5. The molecule has 1 amide bonds. The van der Waals surface area contributed by atoms with E-state index in [1.165, 1.54) is 24.3 Å². The Morgan fingerprint density at radius 1 is 1.08 bits per heavy atom. The highest BCUT2D eigenvalue weighted by Gasteiger charge is 2.12. The minimum absolute atomic E-state index is 0.139. The standard InChI is InChI=1S/C16H17ClN2O4S/c1-2-18-24(21,22)15-9-5-13(6-10-15)19-16(20)11-23-14-7-3-12(17)4-8-14/h3-10,18H,2,11H2,1H3,(H,19,20). The molecule has 0 saturated heterocycles. The lowest BCUT2D eigenvalue weighted by molar-refractivity contribution is -0.118. The number of hydrogen-bond donors (Lipinski definition) is 2. The fourth-order valence-electron chi connectivity index (χ4n) is 1.87. The van der Waals surface area contributed by atoms with Crippen LogP contribution in [0.5, 0.6) is 5.75 Å². The quantitative estimate of drug-likeness (QED) is 0.786. The number of carbonyl (C=O) groups excluding carboxylic acids is 1. The van der Waals surface area contributed by atoms with Gasteiger partial charge in [0.2, 0.25) is 10.0 Å². The van der Waals surface area contributed by atoms with Crippen LogP contribution in [0.3, 0.4) is 0 Å². The molecule has 0 aromatic heterocycles. The first-order chi connectivity index (χ1) is 11.4. The van der Waals surface area contributed by atoms with Crippen LogP contribution in [-0.4, -0.2) is 27.5 Å². The minimum atomic E-state index is -3.50. The zero-order chi connectivity index (χ0) is 17.6. The van der Waals surface area contributed by atoms with Gasteiger partial charge in [-0.3, -0.25) is 4.79 Å². The molecule has 0 aliphatic heterocycles. The van der Waals surface area contributed by atoms with Crippen LogP contribution in [0.15, 0.2) is 53.4 Å². The number of halogens is 1. The largest absolute Gasteiger partial charge is 0.484 e. The Bertz CT molecular complexity index is 790. The summed E-state index contributed by atoms with van der Waals surface area (Å²) in [6.07, 6.45) is 0. The van der Waals surface area contributed by atoms with Gasteiger partial charge in [0, 0.05) is 17.3 Å². The summed E-state index contributed by atoms with van der Waals surface area (Å²) in [6.45, 7) is 1.84. The van der Waals surface area contributed by atoms with Gasteiger partial charge in [0.15, 0.2) is 6.61 Å². The average molecular weight is 369 g/mol. The normalized spacial score (nSPS) is 11.1. The van der Waals surface area contributed by atoms with E-state index in [2.05, 4.69) is 10.0 Å². The Hall–Kier alpha value is -2.09. The Morgan fingerprint density at radius 2 is 1.71 bits per heavy atom. The van der Waals surface area contributed by atoms with E-state index in [-0.39, 0.29) is 17.4 Å². The molecule has 2 aromatic rings. The maximum absolute atomic E-state index is 11.8. The molecule has 2 N–H and O–H groups in total. The summed E-state index contributed by atoms with van der Waals surface area (Å²) >= 11 is 5.76. The lowest BCUT2D eigenvalue weighted by Gasteiger charge is -2.09. The van der Waals surface area contributed by atoms with Crippen LogP contribution in [0.1, 0.15) is 6.92 Å². The van der Waals surface area contributed by atoms with Gasteiger partial charge in [-0.1, -0.05) is 18.5 Å². The molecule has 0 bridgehead atoms. The molecule has 0 unspecified atom stereocenters. The van der Waals surface area contributed by atoms with E-state index in [0.717, 1.165) is 0 Å². The van der Waals surface area contributed by atoms with E-state index in [4.69, 9.17) is 16.3 Å². The molecule has 8 heteroatoms. The maximum atomic E-state index is 11.8. The van der Waals surface area contributed by atoms with Crippen molar-refractivity contribution >= 4 is 33.2 Å². The van der Waals surface area contributed by atoms with Gasteiger partial charge in [-0.15, -0.1) is 0 Å². The molecule has 0 saturated carbocycles. The molecule has 0 fully saturated rings. The summed E-state index contributed by atoms with van der Waals surface area (Å²) in [5, 5.41) is 3.21. The molecule has 2 rings (SSSR count). The molecule has 0 spiro atoms. The summed E-state index contributed by atoms with van der Waals surface area (Å²) in [6, 6.07) is 12.5. The lowest BCUT2D eigenvalue weighted by atomic mass is 10.3. The molecule has 128 valence electrons. The zero-order valence-electron chi connectivity index (χ0n) is 13.0. The number of sulfonamides is 1. The molecular formula is C16H17ClN2O4S. The Balaban J connectivity index is 1.91. The van der Waals surface area contributed by atoms with Crippen LogP contribution in [-0.2, 0) is 14.8 Å². The number of carbonyl (C=O) groups is 1. The number of benzene rings is 2. The van der Waals surface area contributed by atoms with Crippen molar-refractivity contribution in [3.8, 4) is 5.75 Å². The summed E-state index contributed by atoms with van der Waals surface area (Å²) in [7, 11) is -3.50. The minimum Gasteiger partial charge on any atom is -0.484 e. The van der Waals surface area contributed by atoms with E-state index in [1.54, 1.807) is 31.2 Å². The molecule has 0 atom stereocenters. The molecule has 0 aliphatic rings. The van der Waals surface area contributed by atoms with Crippen molar-refractivity contribution in [3.05, 3.63) is 53.6 Å². The summed E-state index contributed by atoms with van der Waals surface area (Å²) in [5.74, 6) is 0.175. The topological polar surface area (TPSA) is 84.5 Å². The van der Waals surface area contributed by atoms with Gasteiger partial charge in [0.1, 0.15) is 5.75 Å². The summed E-state index contributed by atoms with van der Waals surface area (Å²) in [5.41, 5.74) is 0.482. The van der Waals surface area contributed by atoms with Gasteiger partial charge in [-0.05, 0) is 48.5 Å². The van der Waals surface area contributed by atoms with E-state index >= 15 is 0 Å². The third kappa shape index (κ3) is 5.23. The predicted molar refractivity (Wildman–Crippen MR) is 92.9 cm³/mol. The highest BCUT2D eigenvalue weighted by Crippen LogP contribution is 2.16. The molecule has 24 heavy (non-hydrogen) atoms. The van der Waals surface area contributed by atoms with Crippen LogP contribution < -0.4 is 14.8 Å². The van der Waals surface area contributed by atoms with Crippen molar-refractivity contribution in [1.82, 2.24) is 4.72 Å². The van der Waals surface area contributed by atoms with Crippen molar-refractivity contribution in [2.24, 2.45) is 0 Å². The third-order valence-electron chi connectivity index (χ3n) is 2.97. The number of rotatable bonds is 7. The predicted octanol–water partition coefficient (Wildman–Crippen LogP) is 2.66. The number of nitrogens with one attached hydrogen (secondary N) is 2. The average Bonchev–Trinajstić information content (AvgIpc) is 2.55. The van der Waals surface area contributed by atoms with E-state index in [0.29, 0.717) is 23.0 Å². The molecule has 0 radical (unpaired) electrons. The highest BCUT2D eigenvalue weighted by molar-refractivity contribution is 7.89. The van der Waals surface area contributed by atoms with Gasteiger partial charge < -0.3 is 10.1 Å². The van der Waals surface area contributed by atoms with Crippen LogP contribution in [0.4, 0.5) is 5.69 Å².